The van der Waals surface area contributed by atoms with Gasteiger partial charge in [0.1, 0.15) is 11.8 Å². The maximum absolute atomic E-state index is 13.5. The first-order chi connectivity index (χ1) is 18.3. The molecule has 0 radical (unpaired) electrons. The van der Waals surface area contributed by atoms with Crippen molar-refractivity contribution in [1.29, 1.82) is 0 Å². The smallest absolute Gasteiger partial charge is 0.459 e. The van der Waals surface area contributed by atoms with Gasteiger partial charge in [-0.1, -0.05) is 43.2 Å². The number of imidazole rings is 1. The minimum Gasteiger partial charge on any atom is -0.480 e. The summed E-state index contributed by atoms with van der Waals surface area (Å²) in [6.07, 6.45) is 10.9. The van der Waals surface area contributed by atoms with Crippen molar-refractivity contribution in [3.63, 3.8) is 0 Å². The number of para-hydroxylation sites is 1. The summed E-state index contributed by atoms with van der Waals surface area (Å²) in [6.45, 7) is 1.44. The maximum atomic E-state index is 13.5. The number of benzene rings is 1. The van der Waals surface area contributed by atoms with Crippen LogP contribution in [-0.2, 0) is 13.9 Å². The van der Waals surface area contributed by atoms with Crippen molar-refractivity contribution in [2.75, 3.05) is 17.7 Å². The van der Waals surface area contributed by atoms with Crippen LogP contribution in [0.2, 0.25) is 0 Å². The van der Waals surface area contributed by atoms with Gasteiger partial charge in [0.15, 0.2) is 17.0 Å². The van der Waals surface area contributed by atoms with Crippen LogP contribution in [0.1, 0.15) is 45.1 Å². The Kier molecular flexibility index (Phi) is 7.64. The highest BCUT2D eigenvalue weighted by Gasteiger charge is 2.33. The third-order valence-corrected chi connectivity index (χ3v) is 8.43. The van der Waals surface area contributed by atoms with E-state index in [0.29, 0.717) is 35.2 Å². The monoisotopic (exact) mass is 541 g/mol. The zero-order valence-corrected chi connectivity index (χ0v) is 22.0. The van der Waals surface area contributed by atoms with E-state index in [1.54, 1.807) is 36.7 Å². The van der Waals surface area contributed by atoms with Crippen LogP contribution in [0, 0.1) is 5.92 Å². The first-order valence-electron chi connectivity index (χ1n) is 12.7. The quantitative estimate of drug-likeness (QED) is 0.203. The summed E-state index contributed by atoms with van der Waals surface area (Å²) in [5.41, 5.74) is 7.35. The topological polar surface area (TPSA) is 167 Å². The van der Waals surface area contributed by atoms with E-state index in [-0.39, 0.29) is 24.5 Å². The molecule has 0 aliphatic heterocycles. The number of carboxylic acid groups (broad SMARTS) is 1. The highest BCUT2D eigenvalue weighted by molar-refractivity contribution is 7.52. The van der Waals surface area contributed by atoms with E-state index < -0.39 is 19.8 Å². The third kappa shape index (κ3) is 5.98. The number of carbonyl (C=O) groups is 1. The Hall–Kier alpha value is -3.47. The van der Waals surface area contributed by atoms with Crippen LogP contribution in [0.3, 0.4) is 0 Å². The van der Waals surface area contributed by atoms with Crippen molar-refractivity contribution in [1.82, 2.24) is 24.6 Å². The average Bonchev–Trinajstić information content (AvgIpc) is 3.64. The first-order valence-corrected chi connectivity index (χ1v) is 14.3. The van der Waals surface area contributed by atoms with Crippen LogP contribution < -0.4 is 20.7 Å². The number of aromatic nitrogens is 4. The van der Waals surface area contributed by atoms with Crippen molar-refractivity contribution in [2.45, 2.75) is 57.2 Å². The Balaban J connectivity index is 1.27. The molecule has 2 aliphatic rings. The second kappa shape index (κ2) is 11.1. The molecular formula is C25H32N7O5P. The number of aliphatic carboxylic acids is 1. The normalized spacial score (nSPS) is 21.9. The van der Waals surface area contributed by atoms with E-state index in [1.165, 1.54) is 19.8 Å². The Labute approximate surface area is 220 Å². The number of nitrogens with zero attached hydrogens (tertiary/aromatic N) is 4. The van der Waals surface area contributed by atoms with Crippen molar-refractivity contribution >= 4 is 36.6 Å². The molecule has 38 heavy (non-hydrogen) atoms. The zero-order valence-electron chi connectivity index (χ0n) is 21.1. The van der Waals surface area contributed by atoms with Crippen molar-refractivity contribution in [2.24, 2.45) is 5.92 Å². The lowest BCUT2D eigenvalue weighted by atomic mass is 10.1. The number of fused-ring (bicyclic) bond motifs is 1. The van der Waals surface area contributed by atoms with Crippen LogP contribution in [0.5, 0.6) is 5.75 Å². The molecule has 2 aliphatic carbocycles. The third-order valence-electron chi connectivity index (χ3n) is 6.79. The highest BCUT2D eigenvalue weighted by atomic mass is 31.2. The maximum Gasteiger partial charge on any atom is 0.459 e. The second-order valence-corrected chi connectivity index (χ2v) is 11.4. The van der Waals surface area contributed by atoms with Gasteiger partial charge in [0.2, 0.25) is 5.95 Å². The van der Waals surface area contributed by atoms with Gasteiger partial charge in [-0.05, 0) is 38.3 Å². The lowest BCUT2D eigenvalue weighted by Crippen LogP contribution is -2.33. The minimum atomic E-state index is -3.98. The van der Waals surface area contributed by atoms with E-state index in [0.717, 1.165) is 12.8 Å². The number of nitrogens with two attached hydrogens (primary N) is 1. The van der Waals surface area contributed by atoms with Crippen LogP contribution >= 0.6 is 7.75 Å². The molecule has 0 unspecified atom stereocenters. The standard InChI is InChI=1S/C25H32N7O5P/c1-16(24(33)34)31-38(35,37-20-9-3-2-4-10-20)36-14-17-11-12-19(13-17)32-15-27-21-22(28-18-7-5-6-8-18)29-25(26)30-23(21)32/h2-4,9-12,15-19H,5-8,13-14H2,1H3,(H,31,35)(H,33,34)(H3,26,28,29,30)/t16-,17+,19-,38-/m0/s1. The number of nitrogens with one attached hydrogen (secondary N) is 2. The first kappa shape index (κ1) is 26.1. The largest absolute Gasteiger partial charge is 0.480 e. The molecule has 0 bridgehead atoms. The molecule has 4 atom stereocenters. The molecule has 3 aromatic rings. The Morgan fingerprint density at radius 1 is 1.24 bits per heavy atom. The summed E-state index contributed by atoms with van der Waals surface area (Å²) in [6, 6.07) is 7.66. The Bertz CT molecular complexity index is 1360. The number of nitrogen functional groups attached to an aromatic ring is 1. The number of hydrogen-bond donors (Lipinski definition) is 4. The fraction of sp³-hybridized carbons (Fsp3) is 0.440. The van der Waals surface area contributed by atoms with Crippen LogP contribution in [0.4, 0.5) is 11.8 Å². The summed E-state index contributed by atoms with van der Waals surface area (Å²) < 4.78 is 26.7. The van der Waals surface area contributed by atoms with Crippen molar-refractivity contribution in [3.05, 3.63) is 48.8 Å². The predicted octanol–water partition coefficient (Wildman–Crippen LogP) is 4.15. The van der Waals surface area contributed by atoms with Gasteiger partial charge in [-0.2, -0.15) is 15.1 Å². The summed E-state index contributed by atoms with van der Waals surface area (Å²) >= 11 is 0. The molecule has 2 heterocycles. The van der Waals surface area contributed by atoms with Gasteiger partial charge >= 0.3 is 13.7 Å². The second-order valence-electron chi connectivity index (χ2n) is 9.71. The number of allylic oxidation sites excluding steroid dienone is 1. The molecule has 12 nitrogen and oxygen atoms in total. The highest BCUT2D eigenvalue weighted by Crippen LogP contribution is 2.46. The molecular weight excluding hydrogens is 509 g/mol. The molecule has 0 spiro atoms. The average molecular weight is 542 g/mol. The Morgan fingerprint density at radius 2 is 2.00 bits per heavy atom. The fourth-order valence-corrected chi connectivity index (χ4v) is 6.37. The molecule has 1 saturated carbocycles. The molecule has 202 valence electrons. The molecule has 1 aromatic carbocycles. The molecule has 0 amide bonds. The van der Waals surface area contributed by atoms with Crippen LogP contribution in [0.15, 0.2) is 48.8 Å². The zero-order chi connectivity index (χ0) is 26.7. The van der Waals surface area contributed by atoms with Crippen molar-refractivity contribution in [3.8, 4) is 5.75 Å². The summed E-state index contributed by atoms with van der Waals surface area (Å²) in [5.74, 6) is -0.120. The number of anilines is 2. The van der Waals surface area contributed by atoms with E-state index >= 15 is 0 Å². The van der Waals surface area contributed by atoms with Gasteiger partial charge in [-0.15, -0.1) is 0 Å². The SMILES string of the molecule is C[C@H](N[P@](=O)(OC[C@@H]1C=C[C@H](n2cnc3c(NC4CCCC4)nc(N)nc32)C1)Oc1ccccc1)C(=O)O. The summed E-state index contributed by atoms with van der Waals surface area (Å²) in [7, 11) is -3.98. The Morgan fingerprint density at radius 3 is 2.74 bits per heavy atom. The van der Waals surface area contributed by atoms with E-state index in [2.05, 4.69) is 25.4 Å². The van der Waals surface area contributed by atoms with Crippen LogP contribution in [-0.4, -0.2) is 49.3 Å². The van der Waals surface area contributed by atoms with Gasteiger partial charge in [0.05, 0.1) is 19.0 Å². The van der Waals surface area contributed by atoms with Gasteiger partial charge in [-0.3, -0.25) is 9.32 Å². The van der Waals surface area contributed by atoms with E-state index in [9.17, 15) is 14.5 Å². The molecule has 1 fully saturated rings. The summed E-state index contributed by atoms with van der Waals surface area (Å²) in [4.78, 5) is 24.8. The number of rotatable bonds is 11. The molecule has 0 saturated heterocycles. The van der Waals surface area contributed by atoms with Gasteiger partial charge in [0, 0.05) is 12.0 Å². The van der Waals surface area contributed by atoms with E-state index in [1.807, 2.05) is 16.7 Å². The minimum absolute atomic E-state index is 0.0642. The molecule has 5 rings (SSSR count). The van der Waals surface area contributed by atoms with Crippen LogP contribution in [0.25, 0.3) is 11.2 Å². The number of hydrogen-bond acceptors (Lipinski definition) is 9. The molecule has 2 aromatic heterocycles. The molecule has 5 N–H and O–H groups in total. The fourth-order valence-electron chi connectivity index (χ4n) is 4.82. The lowest BCUT2D eigenvalue weighted by Gasteiger charge is -2.23. The van der Waals surface area contributed by atoms with Gasteiger partial charge < -0.3 is 25.2 Å². The molecule has 13 heteroatoms. The van der Waals surface area contributed by atoms with E-state index in [4.69, 9.17) is 14.8 Å². The number of carboxylic acids is 1. The summed E-state index contributed by atoms with van der Waals surface area (Å²) in [5, 5.41) is 15.3. The van der Waals surface area contributed by atoms with Crippen molar-refractivity contribution < 1.29 is 23.5 Å². The predicted molar refractivity (Wildman–Crippen MR) is 143 cm³/mol. The van der Waals surface area contributed by atoms with Gasteiger partial charge in [0.25, 0.3) is 0 Å². The van der Waals surface area contributed by atoms with Gasteiger partial charge in [-0.25, -0.2) is 9.55 Å². The lowest BCUT2D eigenvalue weighted by molar-refractivity contribution is -0.138.